The largest absolute Gasteiger partial charge is 0.382 e. The van der Waals surface area contributed by atoms with Gasteiger partial charge in [-0.1, -0.05) is 0 Å². The van der Waals surface area contributed by atoms with E-state index in [-0.39, 0.29) is 6.10 Å². The van der Waals surface area contributed by atoms with Gasteiger partial charge in [-0.2, -0.15) is 0 Å². The maximum Gasteiger partial charge on any atom is 0.191 e. The molecule has 0 spiro atoms. The van der Waals surface area contributed by atoms with Crippen LogP contribution in [0.5, 0.6) is 0 Å². The number of rotatable bonds is 9. The molecule has 1 aromatic heterocycles. The van der Waals surface area contributed by atoms with Crippen LogP contribution in [0, 0.1) is 0 Å². The van der Waals surface area contributed by atoms with E-state index in [0.717, 1.165) is 69.8 Å². The third kappa shape index (κ3) is 7.17. The van der Waals surface area contributed by atoms with Crippen LogP contribution >= 0.6 is 0 Å². The highest BCUT2D eigenvalue weighted by atomic mass is 16.5. The minimum atomic E-state index is 0.244. The van der Waals surface area contributed by atoms with E-state index in [2.05, 4.69) is 45.4 Å². The molecule has 0 radical (unpaired) electrons. The molecule has 2 rings (SSSR count). The topological polar surface area (TPSA) is 71.0 Å². The van der Waals surface area contributed by atoms with Gasteiger partial charge in [-0.15, -0.1) is 0 Å². The van der Waals surface area contributed by atoms with E-state index >= 15 is 0 Å². The molecule has 0 bridgehead atoms. The van der Waals surface area contributed by atoms with Gasteiger partial charge in [-0.3, -0.25) is 0 Å². The first-order valence-electron chi connectivity index (χ1n) is 9.64. The molecule has 1 atom stereocenters. The molecule has 0 aliphatic carbocycles. The van der Waals surface area contributed by atoms with Crippen LogP contribution in [0.1, 0.15) is 32.8 Å². The van der Waals surface area contributed by atoms with Crippen LogP contribution in [0.4, 0.5) is 5.82 Å². The Morgan fingerprint density at radius 1 is 1.42 bits per heavy atom. The maximum atomic E-state index is 5.61. The second-order valence-electron chi connectivity index (χ2n) is 6.32. The maximum absolute atomic E-state index is 5.61. The van der Waals surface area contributed by atoms with E-state index in [1.807, 2.05) is 19.2 Å². The summed E-state index contributed by atoms with van der Waals surface area (Å²) in [5, 5.41) is 6.63. The van der Waals surface area contributed by atoms with Crippen molar-refractivity contribution in [1.29, 1.82) is 0 Å². The van der Waals surface area contributed by atoms with E-state index in [1.54, 1.807) is 0 Å². The third-order valence-electron chi connectivity index (χ3n) is 4.10. The van der Waals surface area contributed by atoms with E-state index < -0.39 is 0 Å². The normalized spacial score (nSPS) is 18.0. The Bertz CT molecular complexity index is 552. The molecule has 1 unspecified atom stereocenters. The number of aromatic nitrogens is 1. The number of ether oxygens (including phenoxy) is 2. The van der Waals surface area contributed by atoms with Gasteiger partial charge in [0.2, 0.25) is 0 Å². The Hall–Kier alpha value is -1.86. The smallest absolute Gasteiger partial charge is 0.191 e. The molecule has 1 fully saturated rings. The zero-order valence-electron chi connectivity index (χ0n) is 16.3. The lowest BCUT2D eigenvalue weighted by molar-refractivity contribution is 0.0529. The predicted octanol–water partition coefficient (Wildman–Crippen LogP) is 1.79. The molecule has 1 aliphatic heterocycles. The monoisotopic (exact) mass is 363 g/mol. The van der Waals surface area contributed by atoms with Crippen molar-refractivity contribution in [3.8, 4) is 0 Å². The molecule has 0 saturated carbocycles. The van der Waals surface area contributed by atoms with Crippen LogP contribution in [-0.4, -0.2) is 63.0 Å². The van der Waals surface area contributed by atoms with Gasteiger partial charge in [0.15, 0.2) is 5.96 Å². The van der Waals surface area contributed by atoms with Crippen molar-refractivity contribution in [2.24, 2.45) is 4.99 Å². The number of nitrogens with one attached hydrogen (secondary N) is 2. The van der Waals surface area contributed by atoms with Gasteiger partial charge in [0.25, 0.3) is 0 Å². The van der Waals surface area contributed by atoms with Gasteiger partial charge >= 0.3 is 0 Å². The van der Waals surface area contributed by atoms with Crippen molar-refractivity contribution < 1.29 is 9.47 Å². The van der Waals surface area contributed by atoms with Crippen LogP contribution in [-0.2, 0) is 16.0 Å². The van der Waals surface area contributed by atoms with Gasteiger partial charge in [0, 0.05) is 45.6 Å². The summed E-state index contributed by atoms with van der Waals surface area (Å²) in [6.45, 7) is 12.5. The summed E-state index contributed by atoms with van der Waals surface area (Å²) in [5.41, 5.74) is 1.15. The molecule has 1 aromatic rings. The predicted molar refractivity (Wildman–Crippen MR) is 106 cm³/mol. The highest BCUT2D eigenvalue weighted by Crippen LogP contribution is 2.16. The van der Waals surface area contributed by atoms with Crippen molar-refractivity contribution in [1.82, 2.24) is 15.6 Å². The molecule has 146 valence electrons. The molecule has 2 N–H and O–H groups in total. The summed E-state index contributed by atoms with van der Waals surface area (Å²) >= 11 is 0. The Morgan fingerprint density at radius 3 is 3.08 bits per heavy atom. The van der Waals surface area contributed by atoms with Crippen molar-refractivity contribution in [2.75, 3.05) is 50.9 Å². The minimum absolute atomic E-state index is 0.244. The summed E-state index contributed by atoms with van der Waals surface area (Å²) in [6, 6.07) is 4.15. The van der Waals surface area contributed by atoms with E-state index in [1.165, 1.54) is 0 Å². The van der Waals surface area contributed by atoms with Crippen LogP contribution in [0.2, 0.25) is 0 Å². The summed E-state index contributed by atoms with van der Waals surface area (Å²) in [4.78, 5) is 11.5. The fraction of sp³-hybridized carbons (Fsp3) is 0.684. The molecule has 7 nitrogen and oxygen atoms in total. The first-order valence-corrected chi connectivity index (χ1v) is 9.64. The number of anilines is 1. The number of aliphatic imine (C=N–C) groups is 1. The third-order valence-corrected chi connectivity index (χ3v) is 4.10. The summed E-state index contributed by atoms with van der Waals surface area (Å²) in [5.74, 6) is 1.84. The lowest BCUT2D eigenvalue weighted by Crippen LogP contribution is -2.41. The quantitative estimate of drug-likeness (QED) is 0.396. The molecule has 1 aliphatic rings. The highest BCUT2D eigenvalue weighted by molar-refractivity contribution is 5.79. The fourth-order valence-corrected chi connectivity index (χ4v) is 2.80. The van der Waals surface area contributed by atoms with Gasteiger partial charge in [0.1, 0.15) is 5.82 Å². The highest BCUT2D eigenvalue weighted by Gasteiger charge is 2.17. The standard InChI is InChI=1S/C19H33N5O2/c1-4-20-19(22-8-6-11-25-5-2)23-14-17-7-9-21-18(13-17)24-10-12-26-16(3)15-24/h7,9,13,16H,4-6,8,10-12,14-15H2,1-3H3,(H2,20,22,23). The van der Waals surface area contributed by atoms with Crippen LogP contribution in [0.15, 0.2) is 23.3 Å². The number of nitrogens with zero attached hydrogens (tertiary/aromatic N) is 3. The first-order chi connectivity index (χ1) is 12.7. The number of morpholine rings is 1. The van der Waals surface area contributed by atoms with E-state index in [4.69, 9.17) is 9.47 Å². The summed E-state index contributed by atoms with van der Waals surface area (Å²) in [7, 11) is 0. The summed E-state index contributed by atoms with van der Waals surface area (Å²) < 4.78 is 11.0. The lowest BCUT2D eigenvalue weighted by Gasteiger charge is -2.32. The van der Waals surface area contributed by atoms with Crippen molar-refractivity contribution in [3.05, 3.63) is 23.9 Å². The van der Waals surface area contributed by atoms with E-state index in [0.29, 0.717) is 6.54 Å². The minimum Gasteiger partial charge on any atom is -0.382 e. The lowest BCUT2D eigenvalue weighted by atomic mass is 10.2. The molecular weight excluding hydrogens is 330 g/mol. The molecular formula is C19H33N5O2. The molecule has 26 heavy (non-hydrogen) atoms. The number of guanidine groups is 1. The van der Waals surface area contributed by atoms with Crippen molar-refractivity contribution in [3.63, 3.8) is 0 Å². The zero-order chi connectivity index (χ0) is 18.6. The molecule has 0 amide bonds. The first kappa shape index (κ1) is 20.5. The van der Waals surface area contributed by atoms with Gasteiger partial charge in [-0.25, -0.2) is 9.98 Å². The van der Waals surface area contributed by atoms with E-state index in [9.17, 15) is 0 Å². The number of hydrogen-bond donors (Lipinski definition) is 2. The summed E-state index contributed by atoms with van der Waals surface area (Å²) in [6.07, 6.45) is 3.07. The van der Waals surface area contributed by atoms with Gasteiger partial charge < -0.3 is 25.0 Å². The molecule has 0 aromatic carbocycles. The molecule has 7 heteroatoms. The fourth-order valence-electron chi connectivity index (χ4n) is 2.80. The Morgan fingerprint density at radius 2 is 2.31 bits per heavy atom. The number of pyridine rings is 1. The SMILES string of the molecule is CCNC(=NCc1ccnc(N2CCOC(C)C2)c1)NCCCOCC. The molecule has 2 heterocycles. The van der Waals surface area contributed by atoms with Crippen LogP contribution in [0.3, 0.4) is 0 Å². The average Bonchev–Trinajstić information content (AvgIpc) is 2.66. The van der Waals surface area contributed by atoms with Crippen LogP contribution < -0.4 is 15.5 Å². The second-order valence-corrected chi connectivity index (χ2v) is 6.32. The Kier molecular flexibility index (Phi) is 9.20. The van der Waals surface area contributed by atoms with Crippen molar-refractivity contribution in [2.45, 2.75) is 39.8 Å². The Labute approximate surface area is 157 Å². The van der Waals surface area contributed by atoms with Gasteiger partial charge in [0.05, 0.1) is 19.3 Å². The zero-order valence-corrected chi connectivity index (χ0v) is 16.3. The Balaban J connectivity index is 1.90. The van der Waals surface area contributed by atoms with Gasteiger partial charge in [-0.05, 0) is 44.9 Å². The van der Waals surface area contributed by atoms with Crippen molar-refractivity contribution >= 4 is 11.8 Å². The average molecular weight is 364 g/mol. The molecule has 1 saturated heterocycles. The van der Waals surface area contributed by atoms with Crippen LogP contribution in [0.25, 0.3) is 0 Å². The number of hydrogen-bond acceptors (Lipinski definition) is 5. The second kappa shape index (κ2) is 11.7.